The van der Waals surface area contributed by atoms with E-state index in [1.54, 1.807) is 0 Å². The molecular weight excluding hydrogens is 280 g/mol. The molecule has 1 saturated heterocycles. The number of hydrogen-bond donors (Lipinski definition) is 1. The maximum atomic E-state index is 11.6. The summed E-state index contributed by atoms with van der Waals surface area (Å²) in [5.41, 5.74) is 8.58. The van der Waals surface area contributed by atoms with E-state index in [-0.39, 0.29) is 11.5 Å². The van der Waals surface area contributed by atoms with Gasteiger partial charge in [-0.3, -0.25) is 0 Å². The van der Waals surface area contributed by atoms with E-state index in [1.807, 2.05) is 25.1 Å². The highest BCUT2D eigenvalue weighted by molar-refractivity contribution is 7.91. The van der Waals surface area contributed by atoms with E-state index < -0.39 is 9.84 Å². The Morgan fingerprint density at radius 1 is 1.32 bits per heavy atom. The van der Waals surface area contributed by atoms with Gasteiger partial charge < -0.3 is 10.6 Å². The van der Waals surface area contributed by atoms with Crippen LogP contribution in [0.2, 0.25) is 0 Å². The van der Waals surface area contributed by atoms with Crippen LogP contribution in [-0.2, 0) is 9.84 Å². The molecular formula is C13H18N2O2S2. The van der Waals surface area contributed by atoms with Crippen LogP contribution in [0.25, 0.3) is 0 Å². The molecule has 0 saturated carbocycles. The van der Waals surface area contributed by atoms with Gasteiger partial charge in [-0.2, -0.15) is 0 Å². The van der Waals surface area contributed by atoms with Crippen LogP contribution in [0.4, 0.5) is 5.69 Å². The second kappa shape index (κ2) is 5.46. The van der Waals surface area contributed by atoms with Crippen LogP contribution in [0.15, 0.2) is 18.2 Å². The van der Waals surface area contributed by atoms with Crippen molar-refractivity contribution in [1.29, 1.82) is 0 Å². The fraction of sp³-hybridized carbons (Fsp3) is 0.462. The zero-order valence-electron chi connectivity index (χ0n) is 10.9. The van der Waals surface area contributed by atoms with Crippen molar-refractivity contribution >= 4 is 32.7 Å². The van der Waals surface area contributed by atoms with Crippen molar-refractivity contribution in [3.63, 3.8) is 0 Å². The summed E-state index contributed by atoms with van der Waals surface area (Å²) in [6, 6.07) is 5.89. The van der Waals surface area contributed by atoms with Gasteiger partial charge >= 0.3 is 0 Å². The first-order chi connectivity index (χ1) is 8.89. The lowest BCUT2D eigenvalue weighted by molar-refractivity contribution is 0.597. The van der Waals surface area contributed by atoms with Gasteiger partial charge in [0.25, 0.3) is 0 Å². The number of nitrogens with zero attached hydrogens (tertiary/aromatic N) is 1. The summed E-state index contributed by atoms with van der Waals surface area (Å²) in [5, 5.41) is 0. The topological polar surface area (TPSA) is 63.4 Å². The zero-order valence-corrected chi connectivity index (χ0v) is 12.6. The number of hydrogen-bond acceptors (Lipinski definition) is 4. The minimum absolute atomic E-state index is 0.225. The quantitative estimate of drug-likeness (QED) is 0.833. The van der Waals surface area contributed by atoms with E-state index in [4.69, 9.17) is 18.0 Å². The lowest BCUT2D eigenvalue weighted by Gasteiger charge is -2.23. The van der Waals surface area contributed by atoms with Crippen LogP contribution in [-0.4, -0.2) is 38.0 Å². The minimum atomic E-state index is -2.87. The van der Waals surface area contributed by atoms with Gasteiger partial charge in [0.05, 0.1) is 11.5 Å². The molecule has 104 valence electrons. The van der Waals surface area contributed by atoms with Gasteiger partial charge in [0.1, 0.15) is 4.99 Å². The largest absolute Gasteiger partial charge is 0.389 e. The van der Waals surface area contributed by atoms with E-state index in [0.29, 0.717) is 18.0 Å². The summed E-state index contributed by atoms with van der Waals surface area (Å²) in [6.45, 7) is 3.28. The normalized spacial score (nSPS) is 18.9. The van der Waals surface area contributed by atoms with Gasteiger partial charge in [-0.25, -0.2) is 8.42 Å². The molecule has 0 aromatic heterocycles. The first-order valence-corrected chi connectivity index (χ1v) is 8.48. The van der Waals surface area contributed by atoms with Gasteiger partial charge in [-0.1, -0.05) is 12.2 Å². The zero-order chi connectivity index (χ0) is 14.0. The van der Waals surface area contributed by atoms with Crippen LogP contribution in [0.3, 0.4) is 0 Å². The second-order valence-electron chi connectivity index (χ2n) is 4.86. The van der Waals surface area contributed by atoms with Gasteiger partial charge in [-0.15, -0.1) is 0 Å². The summed E-state index contributed by atoms with van der Waals surface area (Å²) in [7, 11) is -2.87. The van der Waals surface area contributed by atoms with E-state index in [9.17, 15) is 8.42 Å². The number of thiocarbonyl (C=S) groups is 1. The molecule has 1 heterocycles. The van der Waals surface area contributed by atoms with Crippen LogP contribution in [0.5, 0.6) is 0 Å². The average Bonchev–Trinajstić information content (AvgIpc) is 2.49. The highest BCUT2D eigenvalue weighted by Gasteiger charge is 2.19. The fourth-order valence-corrected chi connectivity index (χ4v) is 3.82. The Balaban J connectivity index is 2.23. The second-order valence-corrected chi connectivity index (χ2v) is 7.60. The molecule has 1 aliphatic heterocycles. The monoisotopic (exact) mass is 298 g/mol. The number of anilines is 1. The Labute approximate surface area is 119 Å². The summed E-state index contributed by atoms with van der Waals surface area (Å²) >= 11 is 4.99. The first kappa shape index (κ1) is 14.3. The molecule has 1 aromatic carbocycles. The molecule has 0 radical (unpaired) electrons. The SMILES string of the molecule is Cc1cc(N2CCCS(=O)(=O)CC2)ccc1C(N)=S. The van der Waals surface area contributed by atoms with Gasteiger partial charge in [-0.05, 0) is 37.1 Å². The number of sulfone groups is 1. The number of rotatable bonds is 2. The molecule has 0 aliphatic carbocycles. The molecule has 1 fully saturated rings. The van der Waals surface area contributed by atoms with Crippen molar-refractivity contribution < 1.29 is 8.42 Å². The maximum Gasteiger partial charge on any atom is 0.152 e. The lowest BCUT2D eigenvalue weighted by Crippen LogP contribution is -2.27. The smallest absolute Gasteiger partial charge is 0.152 e. The van der Waals surface area contributed by atoms with Crippen LogP contribution >= 0.6 is 12.2 Å². The van der Waals surface area contributed by atoms with Crippen molar-refractivity contribution in [3.05, 3.63) is 29.3 Å². The van der Waals surface area contributed by atoms with E-state index in [0.717, 1.165) is 23.4 Å². The molecule has 0 spiro atoms. The third-order valence-electron chi connectivity index (χ3n) is 3.40. The molecule has 19 heavy (non-hydrogen) atoms. The molecule has 2 N–H and O–H groups in total. The van der Waals surface area contributed by atoms with Gasteiger partial charge in [0, 0.05) is 24.3 Å². The Hall–Kier alpha value is -1.14. The van der Waals surface area contributed by atoms with Crippen molar-refractivity contribution in [1.82, 2.24) is 0 Å². The Bertz CT molecular complexity index is 597. The predicted molar refractivity (Wildman–Crippen MR) is 82.6 cm³/mol. The summed E-state index contributed by atoms with van der Waals surface area (Å²) in [4.78, 5) is 2.50. The molecule has 1 aliphatic rings. The van der Waals surface area contributed by atoms with Crippen LogP contribution in [0, 0.1) is 6.92 Å². The highest BCUT2D eigenvalue weighted by Crippen LogP contribution is 2.21. The summed E-state index contributed by atoms with van der Waals surface area (Å²) in [6.07, 6.45) is 0.679. The standard InChI is InChI=1S/C13H18N2O2S2/c1-10-9-11(3-4-12(10)13(14)18)15-5-2-7-19(16,17)8-6-15/h3-4,9H,2,5-8H2,1H3,(H2,14,18). The number of aryl methyl sites for hydroxylation is 1. The molecule has 2 rings (SSSR count). The number of benzene rings is 1. The van der Waals surface area contributed by atoms with Gasteiger partial charge in [0.15, 0.2) is 9.84 Å². The Morgan fingerprint density at radius 3 is 2.68 bits per heavy atom. The molecule has 0 amide bonds. The van der Waals surface area contributed by atoms with Crippen molar-refractivity contribution in [2.45, 2.75) is 13.3 Å². The van der Waals surface area contributed by atoms with Gasteiger partial charge in [0.2, 0.25) is 0 Å². The Morgan fingerprint density at radius 2 is 2.05 bits per heavy atom. The third-order valence-corrected chi connectivity index (χ3v) is 5.33. The van der Waals surface area contributed by atoms with Crippen molar-refractivity contribution in [3.8, 4) is 0 Å². The van der Waals surface area contributed by atoms with Crippen LogP contribution in [0.1, 0.15) is 17.5 Å². The van der Waals surface area contributed by atoms with Crippen molar-refractivity contribution in [2.24, 2.45) is 5.73 Å². The van der Waals surface area contributed by atoms with Crippen molar-refractivity contribution in [2.75, 3.05) is 29.5 Å². The predicted octanol–water partition coefficient (Wildman–Crippen LogP) is 1.25. The first-order valence-electron chi connectivity index (χ1n) is 6.25. The third kappa shape index (κ3) is 3.45. The lowest BCUT2D eigenvalue weighted by atomic mass is 10.1. The molecule has 1 aromatic rings. The highest BCUT2D eigenvalue weighted by atomic mass is 32.2. The van der Waals surface area contributed by atoms with E-state index in [2.05, 4.69) is 4.90 Å². The molecule has 6 heteroatoms. The van der Waals surface area contributed by atoms with E-state index >= 15 is 0 Å². The van der Waals surface area contributed by atoms with Crippen LogP contribution < -0.4 is 10.6 Å². The van der Waals surface area contributed by atoms with E-state index in [1.165, 1.54) is 0 Å². The maximum absolute atomic E-state index is 11.6. The summed E-state index contributed by atoms with van der Waals surface area (Å²) in [5.74, 6) is 0.510. The number of nitrogens with two attached hydrogens (primary N) is 1. The minimum Gasteiger partial charge on any atom is -0.389 e. The molecule has 0 bridgehead atoms. The molecule has 0 unspecified atom stereocenters. The summed E-state index contributed by atoms with van der Waals surface area (Å²) < 4.78 is 23.2. The average molecular weight is 298 g/mol. The Kier molecular flexibility index (Phi) is 4.10. The molecule has 4 nitrogen and oxygen atoms in total. The molecule has 0 atom stereocenters. The fourth-order valence-electron chi connectivity index (χ4n) is 2.32.